The minimum atomic E-state index is 0.504. The first-order chi connectivity index (χ1) is 12.3. The maximum absolute atomic E-state index is 5.41. The van der Waals surface area contributed by atoms with Crippen molar-refractivity contribution in [3.63, 3.8) is 0 Å². The molecule has 0 bridgehead atoms. The second-order valence-electron chi connectivity index (χ2n) is 5.07. The van der Waals surface area contributed by atoms with Crippen LogP contribution in [0.15, 0.2) is 57.0 Å². The lowest BCUT2D eigenvalue weighted by molar-refractivity contribution is 0.391. The molecule has 0 amide bonds. The van der Waals surface area contributed by atoms with Crippen molar-refractivity contribution in [1.29, 1.82) is 0 Å². The van der Waals surface area contributed by atoms with Crippen LogP contribution in [-0.2, 0) is 12.3 Å². The zero-order chi connectivity index (χ0) is 17.1. The van der Waals surface area contributed by atoms with Crippen molar-refractivity contribution in [2.75, 3.05) is 0 Å². The summed E-state index contributed by atoms with van der Waals surface area (Å²) >= 11 is 1.49. The van der Waals surface area contributed by atoms with Gasteiger partial charge < -0.3 is 8.94 Å². The zero-order valence-corrected chi connectivity index (χ0v) is 14.2. The van der Waals surface area contributed by atoms with Crippen LogP contribution >= 0.6 is 11.8 Å². The summed E-state index contributed by atoms with van der Waals surface area (Å²) < 4.78 is 12.7. The summed E-state index contributed by atoms with van der Waals surface area (Å²) in [5, 5.41) is 13.2. The Bertz CT molecular complexity index is 948. The molecule has 8 nitrogen and oxygen atoms in total. The van der Waals surface area contributed by atoms with Gasteiger partial charge in [-0.15, -0.1) is 10.2 Å². The number of thioether (sulfide) groups is 1. The number of furan rings is 1. The average Bonchev–Trinajstić information content (AvgIpc) is 3.39. The monoisotopic (exact) mass is 354 g/mol. The Morgan fingerprint density at radius 3 is 2.92 bits per heavy atom. The van der Waals surface area contributed by atoms with Crippen LogP contribution in [0.2, 0.25) is 0 Å². The van der Waals surface area contributed by atoms with Crippen LogP contribution in [0.25, 0.3) is 23.0 Å². The Labute approximate surface area is 147 Å². The largest absolute Gasteiger partial charge is 0.461 e. The van der Waals surface area contributed by atoms with Crippen molar-refractivity contribution >= 4 is 11.8 Å². The van der Waals surface area contributed by atoms with Crippen LogP contribution in [0.3, 0.4) is 0 Å². The fraction of sp³-hybridized carbons (Fsp3) is 0.188. The third-order valence-corrected chi connectivity index (χ3v) is 4.44. The van der Waals surface area contributed by atoms with Gasteiger partial charge in [0.15, 0.2) is 16.7 Å². The Morgan fingerprint density at radius 2 is 2.16 bits per heavy atom. The van der Waals surface area contributed by atoms with Crippen LogP contribution in [0.5, 0.6) is 0 Å². The second-order valence-corrected chi connectivity index (χ2v) is 6.01. The number of nitrogens with zero attached hydrogens (tertiary/aromatic N) is 6. The van der Waals surface area contributed by atoms with Crippen molar-refractivity contribution in [1.82, 2.24) is 29.9 Å². The molecular formula is C16H14N6O2S. The molecule has 0 fully saturated rings. The highest BCUT2D eigenvalue weighted by Crippen LogP contribution is 2.26. The Morgan fingerprint density at radius 1 is 1.20 bits per heavy atom. The van der Waals surface area contributed by atoms with Gasteiger partial charge in [-0.25, -0.2) is 0 Å². The first-order valence-electron chi connectivity index (χ1n) is 7.68. The van der Waals surface area contributed by atoms with E-state index in [9.17, 15) is 0 Å². The van der Waals surface area contributed by atoms with E-state index in [4.69, 9.17) is 8.94 Å². The van der Waals surface area contributed by atoms with Crippen LogP contribution < -0.4 is 0 Å². The van der Waals surface area contributed by atoms with E-state index in [1.807, 2.05) is 35.8 Å². The van der Waals surface area contributed by atoms with Gasteiger partial charge in [0.05, 0.1) is 12.0 Å². The Kier molecular flexibility index (Phi) is 4.30. The summed E-state index contributed by atoms with van der Waals surface area (Å²) in [4.78, 5) is 8.45. The molecule has 0 aliphatic heterocycles. The van der Waals surface area contributed by atoms with Gasteiger partial charge in [0, 0.05) is 24.5 Å². The van der Waals surface area contributed by atoms with E-state index >= 15 is 0 Å². The minimum absolute atomic E-state index is 0.504. The molecule has 0 spiro atoms. The fourth-order valence-electron chi connectivity index (χ4n) is 2.32. The highest BCUT2D eigenvalue weighted by Gasteiger charge is 2.16. The minimum Gasteiger partial charge on any atom is -0.461 e. The van der Waals surface area contributed by atoms with Gasteiger partial charge in [0.2, 0.25) is 11.7 Å². The lowest BCUT2D eigenvalue weighted by Crippen LogP contribution is -1.99. The molecule has 0 aromatic carbocycles. The predicted molar refractivity (Wildman–Crippen MR) is 90.5 cm³/mol. The van der Waals surface area contributed by atoms with E-state index in [2.05, 4.69) is 25.3 Å². The zero-order valence-electron chi connectivity index (χ0n) is 13.4. The Hall–Kier alpha value is -2.94. The molecule has 4 rings (SSSR count). The smallest absolute Gasteiger partial charge is 0.237 e. The van der Waals surface area contributed by atoms with Crippen molar-refractivity contribution in [2.45, 2.75) is 24.4 Å². The van der Waals surface area contributed by atoms with Crippen molar-refractivity contribution in [3.05, 3.63) is 48.8 Å². The van der Waals surface area contributed by atoms with Crippen LogP contribution in [0.4, 0.5) is 0 Å². The highest BCUT2D eigenvalue weighted by molar-refractivity contribution is 7.98. The average molecular weight is 354 g/mol. The number of pyridine rings is 1. The Balaban J connectivity index is 1.50. The maximum Gasteiger partial charge on any atom is 0.237 e. The van der Waals surface area contributed by atoms with E-state index in [1.54, 1.807) is 18.7 Å². The van der Waals surface area contributed by atoms with Gasteiger partial charge in [0.1, 0.15) is 0 Å². The predicted octanol–water partition coefficient (Wildman–Crippen LogP) is 3.30. The maximum atomic E-state index is 5.41. The number of hydrogen-bond donors (Lipinski definition) is 0. The molecule has 25 heavy (non-hydrogen) atoms. The van der Waals surface area contributed by atoms with Crippen LogP contribution in [0, 0.1) is 0 Å². The molecule has 4 aromatic rings. The summed E-state index contributed by atoms with van der Waals surface area (Å²) in [5.41, 5.74) is 0.819. The van der Waals surface area contributed by atoms with Gasteiger partial charge >= 0.3 is 0 Å². The lowest BCUT2D eigenvalue weighted by Gasteiger charge is -2.04. The van der Waals surface area contributed by atoms with Gasteiger partial charge in [0.25, 0.3) is 0 Å². The normalized spacial score (nSPS) is 11.1. The molecule has 0 atom stereocenters. The van der Waals surface area contributed by atoms with E-state index in [-0.39, 0.29) is 0 Å². The second kappa shape index (κ2) is 6.89. The number of hydrogen-bond acceptors (Lipinski definition) is 8. The molecule has 0 unspecified atom stereocenters. The van der Waals surface area contributed by atoms with Gasteiger partial charge in [-0.2, -0.15) is 4.98 Å². The molecule has 9 heteroatoms. The first kappa shape index (κ1) is 15.6. The summed E-state index contributed by atoms with van der Waals surface area (Å²) in [5.74, 6) is 2.95. The SMILES string of the molecule is CCn1c(SCc2nc(-c3cccnc3)no2)nnc1-c1ccco1. The molecule has 0 radical (unpaired) electrons. The van der Waals surface area contributed by atoms with Gasteiger partial charge in [-0.3, -0.25) is 9.55 Å². The standard InChI is InChI=1S/C16H14N6O2S/c1-2-22-15(12-6-4-8-23-12)19-20-16(22)25-10-13-18-14(21-24-13)11-5-3-7-17-9-11/h3-9H,2,10H2,1H3. The molecule has 126 valence electrons. The molecule has 0 aliphatic carbocycles. The molecule has 4 aromatic heterocycles. The summed E-state index contributed by atoms with van der Waals surface area (Å²) in [6.45, 7) is 2.77. The fourth-order valence-corrected chi connectivity index (χ4v) is 3.16. The highest BCUT2D eigenvalue weighted by atomic mass is 32.2. The molecule has 0 saturated heterocycles. The molecule has 0 N–H and O–H groups in total. The topological polar surface area (TPSA) is 95.7 Å². The first-order valence-corrected chi connectivity index (χ1v) is 8.66. The molecule has 0 aliphatic rings. The lowest BCUT2D eigenvalue weighted by atomic mass is 10.3. The van der Waals surface area contributed by atoms with Crippen LogP contribution in [0.1, 0.15) is 12.8 Å². The van der Waals surface area contributed by atoms with Crippen molar-refractivity contribution in [3.8, 4) is 23.0 Å². The van der Waals surface area contributed by atoms with E-state index < -0.39 is 0 Å². The number of rotatable bonds is 6. The van der Waals surface area contributed by atoms with E-state index in [0.29, 0.717) is 29.1 Å². The number of aromatic nitrogens is 6. The molecule has 4 heterocycles. The third-order valence-electron chi connectivity index (χ3n) is 3.49. The van der Waals surface area contributed by atoms with Crippen molar-refractivity contribution in [2.24, 2.45) is 0 Å². The van der Waals surface area contributed by atoms with E-state index in [1.165, 1.54) is 11.8 Å². The third kappa shape index (κ3) is 3.18. The van der Waals surface area contributed by atoms with Crippen LogP contribution in [-0.4, -0.2) is 29.9 Å². The molecule has 0 saturated carbocycles. The summed E-state index contributed by atoms with van der Waals surface area (Å²) in [6.07, 6.45) is 5.02. The van der Waals surface area contributed by atoms with Gasteiger partial charge in [-0.05, 0) is 31.2 Å². The van der Waals surface area contributed by atoms with Gasteiger partial charge in [-0.1, -0.05) is 16.9 Å². The summed E-state index contributed by atoms with van der Waals surface area (Å²) in [6, 6.07) is 7.41. The van der Waals surface area contributed by atoms with Crippen molar-refractivity contribution < 1.29 is 8.94 Å². The quantitative estimate of drug-likeness (QED) is 0.487. The summed E-state index contributed by atoms with van der Waals surface area (Å²) in [7, 11) is 0. The molecular weight excluding hydrogens is 340 g/mol. The van der Waals surface area contributed by atoms with E-state index in [0.717, 1.165) is 17.3 Å².